The number of aromatic nitrogens is 3. The molecule has 0 fully saturated rings. The zero-order valence-electron chi connectivity index (χ0n) is 14.7. The summed E-state index contributed by atoms with van der Waals surface area (Å²) in [5.41, 5.74) is 1.02. The maximum absolute atomic E-state index is 6.19. The smallest absolute Gasteiger partial charge is 0.191 e. The summed E-state index contributed by atoms with van der Waals surface area (Å²) in [6.45, 7) is 7.18. The second-order valence-electron chi connectivity index (χ2n) is 5.40. The summed E-state index contributed by atoms with van der Waals surface area (Å²) in [4.78, 5) is 4.62. The predicted molar refractivity (Wildman–Crippen MR) is 114 cm³/mol. The lowest BCUT2D eigenvalue weighted by Crippen LogP contribution is -2.39. The number of hydrogen-bond acceptors (Lipinski definition) is 3. The van der Waals surface area contributed by atoms with Gasteiger partial charge in [-0.25, -0.2) is 4.99 Å². The fourth-order valence-corrected chi connectivity index (χ4v) is 2.44. The lowest BCUT2D eigenvalue weighted by molar-refractivity contribution is 0.631. The minimum Gasteiger partial charge on any atom is -0.356 e. The lowest BCUT2D eigenvalue weighted by atomic mass is 10.2. The summed E-state index contributed by atoms with van der Waals surface area (Å²) in [6.07, 6.45) is 3.68. The molecule has 0 aliphatic carbocycles. The molecule has 1 aromatic carbocycles. The molecule has 2 N–H and O–H groups in total. The Bertz CT molecular complexity index is 658. The van der Waals surface area contributed by atoms with Crippen LogP contribution in [-0.2, 0) is 19.5 Å². The third-order valence-electron chi connectivity index (χ3n) is 3.56. The molecule has 25 heavy (non-hydrogen) atoms. The van der Waals surface area contributed by atoms with Gasteiger partial charge in [0.15, 0.2) is 5.96 Å². The third kappa shape index (κ3) is 7.19. The normalized spacial score (nSPS) is 11.1. The van der Waals surface area contributed by atoms with Gasteiger partial charge in [0.25, 0.3) is 0 Å². The van der Waals surface area contributed by atoms with Gasteiger partial charge >= 0.3 is 0 Å². The molecule has 0 aliphatic heterocycles. The van der Waals surface area contributed by atoms with Crippen LogP contribution in [0.15, 0.2) is 35.6 Å². The number of aliphatic imine (C=N–C) groups is 1. The SMILES string of the molecule is CCCNC(=NCc1ccccc1Cl)NCCn1cnnc1CC.I. The zero-order valence-corrected chi connectivity index (χ0v) is 17.8. The van der Waals surface area contributed by atoms with Crippen molar-refractivity contribution in [1.29, 1.82) is 0 Å². The molecule has 6 nitrogen and oxygen atoms in total. The average molecular weight is 477 g/mol. The Labute approximate surface area is 171 Å². The van der Waals surface area contributed by atoms with Crippen LogP contribution in [0.25, 0.3) is 0 Å². The van der Waals surface area contributed by atoms with Crippen LogP contribution in [0.2, 0.25) is 5.02 Å². The second kappa shape index (κ2) is 12.1. The summed E-state index contributed by atoms with van der Waals surface area (Å²) in [5.74, 6) is 1.79. The first-order valence-electron chi connectivity index (χ1n) is 8.36. The molecule has 0 saturated heterocycles. The van der Waals surface area contributed by atoms with Crippen molar-refractivity contribution in [2.24, 2.45) is 4.99 Å². The van der Waals surface area contributed by atoms with E-state index in [1.807, 2.05) is 24.3 Å². The maximum Gasteiger partial charge on any atom is 0.191 e. The summed E-state index contributed by atoms with van der Waals surface area (Å²) < 4.78 is 2.05. The molecule has 0 aliphatic rings. The van der Waals surface area contributed by atoms with E-state index >= 15 is 0 Å². The maximum atomic E-state index is 6.19. The van der Waals surface area contributed by atoms with Gasteiger partial charge in [0.2, 0.25) is 0 Å². The largest absolute Gasteiger partial charge is 0.356 e. The number of aryl methyl sites for hydroxylation is 1. The van der Waals surface area contributed by atoms with E-state index in [1.54, 1.807) is 6.33 Å². The quantitative estimate of drug-likeness (QED) is 0.349. The van der Waals surface area contributed by atoms with Crippen LogP contribution < -0.4 is 10.6 Å². The van der Waals surface area contributed by atoms with Gasteiger partial charge in [-0.3, -0.25) is 0 Å². The van der Waals surface area contributed by atoms with Crippen molar-refractivity contribution in [3.8, 4) is 0 Å². The van der Waals surface area contributed by atoms with E-state index in [-0.39, 0.29) is 24.0 Å². The first kappa shape index (κ1) is 21.7. The van der Waals surface area contributed by atoms with Crippen molar-refractivity contribution < 1.29 is 0 Å². The molecule has 0 amide bonds. The van der Waals surface area contributed by atoms with Crippen LogP contribution in [0.4, 0.5) is 0 Å². The molecule has 0 bridgehead atoms. The fraction of sp³-hybridized carbons (Fsp3) is 0.471. The van der Waals surface area contributed by atoms with E-state index in [2.05, 4.69) is 44.2 Å². The molecule has 8 heteroatoms. The minimum atomic E-state index is 0. The van der Waals surface area contributed by atoms with Crippen LogP contribution in [-0.4, -0.2) is 33.8 Å². The van der Waals surface area contributed by atoms with Crippen molar-refractivity contribution in [3.05, 3.63) is 47.0 Å². The van der Waals surface area contributed by atoms with Crippen LogP contribution in [0.1, 0.15) is 31.7 Å². The molecular weight excluding hydrogens is 451 g/mol. The van der Waals surface area contributed by atoms with E-state index in [1.165, 1.54) is 0 Å². The number of halogens is 2. The predicted octanol–water partition coefficient (Wildman–Crippen LogP) is 3.26. The van der Waals surface area contributed by atoms with Gasteiger partial charge in [-0.05, 0) is 18.1 Å². The topological polar surface area (TPSA) is 67.1 Å². The van der Waals surface area contributed by atoms with E-state index in [4.69, 9.17) is 11.6 Å². The molecule has 1 aromatic heterocycles. The standard InChI is InChI=1S/C17H25ClN6.HI/c1-3-9-19-17(21-12-14-7-5-6-8-15(14)18)20-10-11-24-13-22-23-16(24)4-2;/h5-8,13H,3-4,9-12H2,1-2H3,(H2,19,20,21);1H. The highest BCUT2D eigenvalue weighted by atomic mass is 127. The van der Waals surface area contributed by atoms with Gasteiger partial charge in [0.1, 0.15) is 12.2 Å². The van der Waals surface area contributed by atoms with Crippen molar-refractivity contribution in [2.75, 3.05) is 13.1 Å². The Kier molecular flexibility index (Phi) is 10.5. The van der Waals surface area contributed by atoms with Gasteiger partial charge in [0.05, 0.1) is 6.54 Å². The Hall–Kier alpha value is -1.35. The summed E-state index contributed by atoms with van der Waals surface area (Å²) in [5, 5.41) is 15.5. The Morgan fingerprint density at radius 1 is 1.20 bits per heavy atom. The van der Waals surface area contributed by atoms with Gasteiger partial charge < -0.3 is 15.2 Å². The van der Waals surface area contributed by atoms with E-state index in [0.29, 0.717) is 6.54 Å². The highest BCUT2D eigenvalue weighted by Gasteiger charge is 2.03. The van der Waals surface area contributed by atoms with Gasteiger partial charge in [-0.15, -0.1) is 34.2 Å². The van der Waals surface area contributed by atoms with Crippen molar-refractivity contribution in [1.82, 2.24) is 25.4 Å². The lowest BCUT2D eigenvalue weighted by Gasteiger charge is -2.13. The third-order valence-corrected chi connectivity index (χ3v) is 3.93. The van der Waals surface area contributed by atoms with Crippen LogP contribution in [0, 0.1) is 0 Å². The molecule has 2 rings (SSSR count). The molecule has 0 unspecified atom stereocenters. The Morgan fingerprint density at radius 3 is 2.68 bits per heavy atom. The molecule has 0 saturated carbocycles. The fourth-order valence-electron chi connectivity index (χ4n) is 2.24. The molecule has 2 aromatic rings. The van der Waals surface area contributed by atoms with Gasteiger partial charge in [-0.1, -0.05) is 43.6 Å². The summed E-state index contributed by atoms with van der Waals surface area (Å²) >= 11 is 6.19. The van der Waals surface area contributed by atoms with Gasteiger partial charge in [-0.2, -0.15) is 0 Å². The zero-order chi connectivity index (χ0) is 17.2. The molecule has 1 heterocycles. The Morgan fingerprint density at radius 2 is 1.96 bits per heavy atom. The monoisotopic (exact) mass is 476 g/mol. The average Bonchev–Trinajstić information content (AvgIpc) is 3.05. The van der Waals surface area contributed by atoms with Crippen molar-refractivity contribution >= 4 is 41.5 Å². The number of nitrogens with zero attached hydrogens (tertiary/aromatic N) is 4. The number of rotatable bonds is 8. The van der Waals surface area contributed by atoms with E-state index in [9.17, 15) is 0 Å². The molecule has 0 radical (unpaired) electrons. The van der Waals surface area contributed by atoms with E-state index < -0.39 is 0 Å². The van der Waals surface area contributed by atoms with E-state index in [0.717, 1.165) is 54.8 Å². The number of nitrogens with one attached hydrogen (secondary N) is 2. The van der Waals surface area contributed by atoms with Crippen molar-refractivity contribution in [3.63, 3.8) is 0 Å². The van der Waals surface area contributed by atoms with Crippen LogP contribution >= 0.6 is 35.6 Å². The molecular formula is C17H26ClIN6. The number of hydrogen-bond donors (Lipinski definition) is 2. The highest BCUT2D eigenvalue weighted by Crippen LogP contribution is 2.15. The number of guanidine groups is 1. The minimum absolute atomic E-state index is 0. The first-order chi connectivity index (χ1) is 11.7. The first-order valence-corrected chi connectivity index (χ1v) is 8.74. The summed E-state index contributed by atoms with van der Waals surface area (Å²) in [7, 11) is 0. The highest BCUT2D eigenvalue weighted by molar-refractivity contribution is 14.0. The molecule has 0 spiro atoms. The van der Waals surface area contributed by atoms with Crippen molar-refractivity contribution in [2.45, 2.75) is 39.8 Å². The van der Waals surface area contributed by atoms with Crippen LogP contribution in [0.5, 0.6) is 0 Å². The van der Waals surface area contributed by atoms with Gasteiger partial charge in [0, 0.05) is 31.1 Å². The van der Waals surface area contributed by atoms with Crippen LogP contribution in [0.3, 0.4) is 0 Å². The second-order valence-corrected chi connectivity index (χ2v) is 5.81. The summed E-state index contributed by atoms with van der Waals surface area (Å²) in [6, 6.07) is 7.78. The Balaban J connectivity index is 0.00000312. The molecule has 0 atom stereocenters. The molecule has 138 valence electrons. The number of benzene rings is 1.